The van der Waals surface area contributed by atoms with Crippen LogP contribution in [-0.4, -0.2) is 24.6 Å². The van der Waals surface area contributed by atoms with Gasteiger partial charge >= 0.3 is 0 Å². The Hall–Kier alpha value is -2.01. The predicted octanol–water partition coefficient (Wildman–Crippen LogP) is 6.67. The highest BCUT2D eigenvalue weighted by atomic mass is 35.5. The highest BCUT2D eigenvalue weighted by Crippen LogP contribution is 2.39. The molecule has 2 aromatic carbocycles. The Kier molecular flexibility index (Phi) is 8.36. The normalized spacial score (nSPS) is 13.0. The van der Waals surface area contributed by atoms with Crippen LogP contribution in [0.3, 0.4) is 0 Å². The van der Waals surface area contributed by atoms with Gasteiger partial charge in [-0.25, -0.2) is 0 Å². The molecule has 0 fully saturated rings. The number of terminal acetylenes is 1. The molecule has 2 aromatic rings. The monoisotopic (exact) mass is 442 g/mol. The fourth-order valence-electron chi connectivity index (χ4n) is 3.78. The molecule has 160 valence electrons. The molecule has 0 bridgehead atoms. The van der Waals surface area contributed by atoms with Crippen LogP contribution in [0.15, 0.2) is 41.4 Å². The maximum absolute atomic E-state index is 6.45. The van der Waals surface area contributed by atoms with Crippen molar-refractivity contribution in [3.63, 3.8) is 0 Å². The number of anilines is 1. The van der Waals surface area contributed by atoms with Crippen molar-refractivity contribution < 1.29 is 4.74 Å². The lowest BCUT2D eigenvalue weighted by molar-refractivity contribution is 0.411. The molecule has 1 unspecified atom stereocenters. The molecule has 0 aliphatic rings. The van der Waals surface area contributed by atoms with Gasteiger partial charge in [-0.3, -0.25) is 0 Å². The summed E-state index contributed by atoms with van der Waals surface area (Å²) in [5, 5.41) is 0.422. The minimum absolute atomic E-state index is 0.105. The second-order valence-corrected chi connectivity index (χ2v) is 9.92. The first-order valence-electron chi connectivity index (χ1n) is 10.2. The van der Waals surface area contributed by atoms with Gasteiger partial charge in [0.15, 0.2) is 0 Å². The van der Waals surface area contributed by atoms with Gasteiger partial charge in [0.1, 0.15) is 11.6 Å². The Morgan fingerprint density at radius 3 is 2.57 bits per heavy atom. The summed E-state index contributed by atoms with van der Waals surface area (Å²) in [6.07, 6.45) is 6.55. The lowest BCUT2D eigenvalue weighted by Crippen LogP contribution is -2.43. The fourth-order valence-corrected chi connectivity index (χ4v) is 4.19. The zero-order chi connectivity index (χ0) is 22.5. The molecule has 0 saturated carbocycles. The Bertz CT molecular complexity index is 957. The first-order valence-corrected chi connectivity index (χ1v) is 11.1. The van der Waals surface area contributed by atoms with Crippen LogP contribution in [0.25, 0.3) is 0 Å². The fraction of sp³-hybridized carbons (Fsp3) is 0.400. The Morgan fingerprint density at radius 1 is 1.30 bits per heavy atom. The molecule has 0 aliphatic heterocycles. The van der Waals surface area contributed by atoms with Gasteiger partial charge in [0.25, 0.3) is 0 Å². The van der Waals surface area contributed by atoms with Gasteiger partial charge in [0, 0.05) is 34.4 Å². The lowest BCUT2D eigenvalue weighted by atomic mass is 9.88. The SMILES string of the molecule is C#CN=C(N(CCC)c1ccc(Cl)cc1[C@H](C)c1cccc(OC)c1C)C(C)(C)P. The number of amidine groups is 1. The zero-order valence-electron chi connectivity index (χ0n) is 18.8. The third-order valence-corrected chi connectivity index (χ3v) is 5.70. The van der Waals surface area contributed by atoms with E-state index in [0.29, 0.717) is 5.02 Å². The van der Waals surface area contributed by atoms with Crippen molar-refractivity contribution in [2.45, 2.75) is 52.1 Å². The summed E-state index contributed by atoms with van der Waals surface area (Å²) in [6.45, 7) is 11.4. The Balaban J connectivity index is 2.71. The molecule has 5 heteroatoms. The number of nitrogens with zero attached hydrogens (tertiary/aromatic N) is 2. The third kappa shape index (κ3) is 5.37. The van der Waals surface area contributed by atoms with E-state index in [4.69, 9.17) is 22.8 Å². The molecule has 0 aromatic heterocycles. The maximum atomic E-state index is 6.45. The number of ether oxygens (including phenoxy) is 1. The summed E-state index contributed by atoms with van der Waals surface area (Å²) < 4.78 is 5.55. The molecule has 2 atom stereocenters. The molecule has 30 heavy (non-hydrogen) atoms. The summed E-state index contributed by atoms with van der Waals surface area (Å²) in [4.78, 5) is 6.65. The van der Waals surface area contributed by atoms with Gasteiger partial charge in [0.05, 0.1) is 7.11 Å². The number of benzene rings is 2. The van der Waals surface area contributed by atoms with Crippen molar-refractivity contribution in [1.82, 2.24) is 0 Å². The standard InChI is InChI=1S/C25H32ClN2OP/c1-8-15-28(24(27-9-2)25(5,6)30)22-14-13-19(26)16-21(22)17(3)20-11-10-12-23(29-7)18(20)4/h2,10-14,16-17H,8,15,30H2,1,3-7H3/t17-/m1/s1. The van der Waals surface area contributed by atoms with Crippen LogP contribution in [0.4, 0.5) is 5.69 Å². The zero-order valence-corrected chi connectivity index (χ0v) is 20.7. The summed E-state index contributed by atoms with van der Waals surface area (Å²) >= 11 is 6.45. The van der Waals surface area contributed by atoms with E-state index in [1.54, 1.807) is 7.11 Å². The van der Waals surface area contributed by atoms with E-state index in [1.165, 1.54) is 5.56 Å². The van der Waals surface area contributed by atoms with Crippen LogP contribution in [0, 0.1) is 19.4 Å². The van der Waals surface area contributed by atoms with Crippen molar-refractivity contribution >= 4 is 32.4 Å². The van der Waals surface area contributed by atoms with E-state index in [0.717, 1.165) is 41.4 Å². The molecule has 0 spiro atoms. The lowest BCUT2D eigenvalue weighted by Gasteiger charge is -2.35. The van der Waals surface area contributed by atoms with E-state index < -0.39 is 0 Å². The minimum Gasteiger partial charge on any atom is -0.496 e. The molecule has 0 saturated heterocycles. The van der Waals surface area contributed by atoms with E-state index in [-0.39, 0.29) is 11.1 Å². The number of aliphatic imine (C=N–C) groups is 1. The van der Waals surface area contributed by atoms with Crippen molar-refractivity contribution in [1.29, 1.82) is 0 Å². The molecule has 0 radical (unpaired) electrons. The smallest absolute Gasteiger partial charge is 0.129 e. The summed E-state index contributed by atoms with van der Waals surface area (Å²) in [5.74, 6) is 1.83. The summed E-state index contributed by atoms with van der Waals surface area (Å²) in [5.41, 5.74) is 4.53. The van der Waals surface area contributed by atoms with Crippen LogP contribution in [0.1, 0.15) is 56.7 Å². The molecule has 0 N–H and O–H groups in total. The molecule has 2 rings (SSSR count). The number of halogens is 1. The number of hydrogen-bond acceptors (Lipinski definition) is 2. The highest BCUT2D eigenvalue weighted by molar-refractivity contribution is 7.21. The maximum Gasteiger partial charge on any atom is 0.129 e. The van der Waals surface area contributed by atoms with Gasteiger partial charge in [0.2, 0.25) is 0 Å². The van der Waals surface area contributed by atoms with E-state index in [9.17, 15) is 0 Å². The van der Waals surface area contributed by atoms with Gasteiger partial charge in [-0.05, 0) is 68.1 Å². The molecular formula is C25H32ClN2OP. The molecular weight excluding hydrogens is 411 g/mol. The Labute approximate surface area is 189 Å². The van der Waals surface area contributed by atoms with Gasteiger partial charge in [-0.2, -0.15) is 4.99 Å². The van der Waals surface area contributed by atoms with Crippen molar-refractivity contribution in [3.05, 3.63) is 58.1 Å². The largest absolute Gasteiger partial charge is 0.496 e. The second kappa shape index (κ2) is 10.3. The first kappa shape index (κ1) is 24.3. The van der Waals surface area contributed by atoms with Crippen LogP contribution in [0.5, 0.6) is 5.75 Å². The van der Waals surface area contributed by atoms with Crippen LogP contribution in [0.2, 0.25) is 5.02 Å². The predicted molar refractivity (Wildman–Crippen MR) is 134 cm³/mol. The molecule has 0 aliphatic carbocycles. The van der Waals surface area contributed by atoms with Gasteiger partial charge in [-0.1, -0.05) is 44.0 Å². The van der Waals surface area contributed by atoms with Crippen LogP contribution in [-0.2, 0) is 0 Å². The molecule has 3 nitrogen and oxygen atoms in total. The molecule has 0 heterocycles. The summed E-state index contributed by atoms with van der Waals surface area (Å²) in [7, 11) is 4.56. The van der Waals surface area contributed by atoms with Crippen molar-refractivity contribution in [2.75, 3.05) is 18.6 Å². The van der Waals surface area contributed by atoms with Gasteiger partial charge in [-0.15, -0.1) is 9.24 Å². The average molecular weight is 443 g/mol. The van der Waals surface area contributed by atoms with Crippen molar-refractivity contribution in [2.24, 2.45) is 4.99 Å². The highest BCUT2D eigenvalue weighted by Gasteiger charge is 2.29. The topological polar surface area (TPSA) is 24.8 Å². The molecule has 0 amide bonds. The van der Waals surface area contributed by atoms with Gasteiger partial charge < -0.3 is 9.64 Å². The summed E-state index contributed by atoms with van der Waals surface area (Å²) in [6, 6.07) is 14.7. The number of rotatable bonds is 7. The average Bonchev–Trinajstić information content (AvgIpc) is 2.69. The van der Waals surface area contributed by atoms with E-state index in [2.05, 4.69) is 71.9 Å². The Morgan fingerprint density at radius 2 is 2.00 bits per heavy atom. The van der Waals surface area contributed by atoms with E-state index >= 15 is 0 Å². The quantitative estimate of drug-likeness (QED) is 0.207. The van der Waals surface area contributed by atoms with Crippen LogP contribution >= 0.6 is 20.8 Å². The number of methoxy groups -OCH3 is 1. The van der Waals surface area contributed by atoms with Crippen molar-refractivity contribution in [3.8, 4) is 18.2 Å². The second-order valence-electron chi connectivity index (χ2n) is 8.04. The number of hydrogen-bond donors (Lipinski definition) is 0. The van der Waals surface area contributed by atoms with Crippen LogP contribution < -0.4 is 9.64 Å². The third-order valence-electron chi connectivity index (χ3n) is 5.21. The first-order chi connectivity index (χ1) is 14.1. The van der Waals surface area contributed by atoms with E-state index in [1.807, 2.05) is 24.3 Å². The minimum atomic E-state index is -0.284.